The van der Waals surface area contributed by atoms with Gasteiger partial charge in [0.15, 0.2) is 0 Å². The second kappa shape index (κ2) is 6.86. The number of aromatic amines is 1. The van der Waals surface area contributed by atoms with E-state index in [1.165, 1.54) is 0 Å². The molecule has 0 aliphatic heterocycles. The Morgan fingerprint density at radius 1 is 1.16 bits per heavy atom. The van der Waals surface area contributed by atoms with Gasteiger partial charge in [-0.25, -0.2) is 4.68 Å². The van der Waals surface area contributed by atoms with Gasteiger partial charge in [0.25, 0.3) is 5.91 Å². The number of nitrogens with one attached hydrogen (secondary N) is 2. The molecule has 7 heteroatoms. The second-order valence-corrected chi connectivity index (χ2v) is 5.09. The molecule has 0 saturated carbocycles. The van der Waals surface area contributed by atoms with Crippen molar-refractivity contribution in [1.82, 2.24) is 9.66 Å². The van der Waals surface area contributed by atoms with Crippen LogP contribution in [0.25, 0.3) is 11.0 Å². The van der Waals surface area contributed by atoms with Crippen molar-refractivity contribution in [3.8, 4) is 11.8 Å². The van der Waals surface area contributed by atoms with E-state index in [-0.39, 0.29) is 6.61 Å². The van der Waals surface area contributed by atoms with Crippen molar-refractivity contribution in [3.63, 3.8) is 0 Å². The average molecular weight is 335 g/mol. The first-order chi connectivity index (χ1) is 12.1. The Labute approximate surface area is 141 Å². The van der Waals surface area contributed by atoms with E-state index in [0.29, 0.717) is 22.2 Å². The van der Waals surface area contributed by atoms with Gasteiger partial charge < -0.3 is 10.1 Å². The molecule has 0 fully saturated rings. The lowest BCUT2D eigenvalue weighted by atomic mass is 10.2. The maximum Gasteiger partial charge on any atom is 0.335 e. The minimum atomic E-state index is -0.897. The summed E-state index contributed by atoms with van der Waals surface area (Å²) in [7, 11) is 0. The molecule has 1 aromatic heterocycles. The van der Waals surface area contributed by atoms with E-state index in [9.17, 15) is 14.4 Å². The summed E-state index contributed by atoms with van der Waals surface area (Å²) in [6.45, 7) is -0.290. The van der Waals surface area contributed by atoms with Gasteiger partial charge in [0.1, 0.15) is 6.61 Å². The molecule has 3 rings (SSSR count). The molecule has 1 heterocycles. The van der Waals surface area contributed by atoms with Crippen LogP contribution in [0.3, 0.4) is 0 Å². The Bertz CT molecular complexity index is 1120. The molecule has 3 aromatic rings. The number of aliphatic hydroxyl groups excluding tert-OH is 1. The van der Waals surface area contributed by atoms with Gasteiger partial charge in [-0.05, 0) is 30.3 Å². The van der Waals surface area contributed by atoms with E-state index in [4.69, 9.17) is 5.11 Å². The molecule has 0 spiro atoms. The fraction of sp³-hybridized carbons (Fsp3) is 0.0556. The fourth-order valence-electron chi connectivity index (χ4n) is 2.30. The van der Waals surface area contributed by atoms with Crippen LogP contribution in [0, 0.1) is 11.8 Å². The number of fused-ring (bicyclic) bond motifs is 1. The molecule has 25 heavy (non-hydrogen) atoms. The maximum atomic E-state index is 12.3. The van der Waals surface area contributed by atoms with E-state index in [1.807, 2.05) is 0 Å². The Morgan fingerprint density at radius 3 is 2.64 bits per heavy atom. The first kappa shape index (κ1) is 16.2. The summed E-state index contributed by atoms with van der Waals surface area (Å²) in [6.07, 6.45) is 0. The molecular weight excluding hydrogens is 322 g/mol. The zero-order chi connectivity index (χ0) is 17.8. The third kappa shape index (κ3) is 3.34. The van der Waals surface area contributed by atoms with Gasteiger partial charge >= 0.3 is 11.1 Å². The quantitative estimate of drug-likeness (QED) is 0.466. The molecule has 0 atom stereocenters. The highest BCUT2D eigenvalue weighted by atomic mass is 16.2. The van der Waals surface area contributed by atoms with Gasteiger partial charge in [-0.1, -0.05) is 30.0 Å². The fourth-order valence-corrected chi connectivity index (χ4v) is 2.30. The number of rotatable bonds is 2. The predicted octanol–water partition coefficient (Wildman–Crippen LogP) is 0.418. The molecule has 0 bridgehead atoms. The first-order valence-electron chi connectivity index (χ1n) is 7.35. The molecule has 0 aliphatic rings. The summed E-state index contributed by atoms with van der Waals surface area (Å²) < 4.78 is 0.909. The minimum absolute atomic E-state index is 0.290. The van der Waals surface area contributed by atoms with Crippen LogP contribution < -0.4 is 16.5 Å². The summed E-state index contributed by atoms with van der Waals surface area (Å²) in [5.41, 5.74) is 2.24. The number of benzene rings is 2. The Hall–Kier alpha value is -3.63. The highest BCUT2D eigenvalue weighted by Crippen LogP contribution is 2.10. The lowest BCUT2D eigenvalue weighted by molar-refractivity contribution is 0.101. The lowest BCUT2D eigenvalue weighted by Crippen LogP contribution is -2.42. The van der Waals surface area contributed by atoms with E-state index in [0.717, 1.165) is 4.68 Å². The van der Waals surface area contributed by atoms with E-state index >= 15 is 0 Å². The third-order valence-corrected chi connectivity index (χ3v) is 3.44. The van der Waals surface area contributed by atoms with Crippen molar-refractivity contribution < 1.29 is 9.90 Å². The van der Waals surface area contributed by atoms with Crippen LogP contribution in [0.15, 0.2) is 58.1 Å². The normalized spacial score (nSPS) is 10.1. The van der Waals surface area contributed by atoms with Gasteiger partial charge in [-0.2, -0.15) is 0 Å². The number of nitrogens with zero attached hydrogens (tertiary/aromatic N) is 1. The van der Waals surface area contributed by atoms with Crippen LogP contribution >= 0.6 is 0 Å². The molecule has 7 nitrogen and oxygen atoms in total. The summed E-state index contributed by atoms with van der Waals surface area (Å²) in [4.78, 5) is 38.8. The number of H-pyrrole nitrogens is 1. The van der Waals surface area contributed by atoms with Crippen molar-refractivity contribution >= 4 is 16.9 Å². The molecule has 3 N–H and O–H groups in total. The molecule has 0 saturated heterocycles. The largest absolute Gasteiger partial charge is 0.384 e. The summed E-state index contributed by atoms with van der Waals surface area (Å²) >= 11 is 0. The maximum absolute atomic E-state index is 12.3. The number of hydrogen-bond donors (Lipinski definition) is 3. The zero-order valence-electron chi connectivity index (χ0n) is 12.9. The van der Waals surface area contributed by atoms with Crippen molar-refractivity contribution in [2.45, 2.75) is 0 Å². The van der Waals surface area contributed by atoms with E-state index in [2.05, 4.69) is 22.3 Å². The molecular formula is C18H13N3O4. The number of carbonyl (C=O) groups excluding carboxylic acids is 1. The average Bonchev–Trinajstić information content (AvgIpc) is 2.64. The van der Waals surface area contributed by atoms with Gasteiger partial charge in [0.05, 0.1) is 11.0 Å². The van der Waals surface area contributed by atoms with Crippen LogP contribution in [-0.4, -0.2) is 27.3 Å². The number of hydrogen-bond acceptors (Lipinski definition) is 4. The number of carbonyl (C=O) groups is 1. The van der Waals surface area contributed by atoms with Crippen LogP contribution in [-0.2, 0) is 0 Å². The molecule has 0 aliphatic carbocycles. The van der Waals surface area contributed by atoms with E-state index in [1.54, 1.807) is 48.5 Å². The topological polar surface area (TPSA) is 104 Å². The Balaban J connectivity index is 2.10. The van der Waals surface area contributed by atoms with Crippen molar-refractivity contribution in [2.24, 2.45) is 0 Å². The van der Waals surface area contributed by atoms with Crippen LogP contribution in [0.4, 0.5) is 0 Å². The van der Waals surface area contributed by atoms with Crippen molar-refractivity contribution in [3.05, 3.63) is 80.4 Å². The Morgan fingerprint density at radius 2 is 1.92 bits per heavy atom. The number of aromatic nitrogens is 2. The molecule has 1 amide bonds. The SMILES string of the molecule is O=C(Nn1c(=O)c(=O)[nH]c2cc(C#CCO)ccc21)c1ccccc1. The number of amides is 1. The van der Waals surface area contributed by atoms with Gasteiger partial charge in [0, 0.05) is 11.1 Å². The van der Waals surface area contributed by atoms with Gasteiger partial charge in [-0.15, -0.1) is 0 Å². The smallest absolute Gasteiger partial charge is 0.335 e. The van der Waals surface area contributed by atoms with Gasteiger partial charge in [0.2, 0.25) is 0 Å². The summed E-state index contributed by atoms with van der Waals surface area (Å²) in [5.74, 6) is 4.69. The standard InChI is InChI=1S/C18H13N3O4/c22-10-4-5-12-8-9-15-14(11-12)19-17(24)18(25)21(15)20-16(23)13-6-2-1-3-7-13/h1-3,6-9,11,22H,10H2,(H,19,24)(H,20,23). The number of aliphatic hydroxyl groups is 1. The highest BCUT2D eigenvalue weighted by molar-refractivity contribution is 6.00. The summed E-state index contributed by atoms with van der Waals surface area (Å²) in [6, 6.07) is 13.1. The third-order valence-electron chi connectivity index (χ3n) is 3.44. The summed E-state index contributed by atoms with van der Waals surface area (Å²) in [5, 5.41) is 8.75. The van der Waals surface area contributed by atoms with Crippen molar-refractivity contribution in [2.75, 3.05) is 12.0 Å². The molecule has 0 radical (unpaired) electrons. The van der Waals surface area contributed by atoms with Gasteiger partial charge in [-0.3, -0.25) is 19.8 Å². The van der Waals surface area contributed by atoms with Crippen molar-refractivity contribution in [1.29, 1.82) is 0 Å². The monoisotopic (exact) mass is 335 g/mol. The van der Waals surface area contributed by atoms with Crippen LogP contribution in [0.1, 0.15) is 15.9 Å². The Kier molecular flexibility index (Phi) is 4.46. The van der Waals surface area contributed by atoms with Crippen LogP contribution in [0.5, 0.6) is 0 Å². The molecule has 0 unspecified atom stereocenters. The second-order valence-electron chi connectivity index (χ2n) is 5.09. The lowest BCUT2D eigenvalue weighted by Gasteiger charge is -2.11. The zero-order valence-corrected chi connectivity index (χ0v) is 12.9. The minimum Gasteiger partial charge on any atom is -0.384 e. The predicted molar refractivity (Wildman–Crippen MR) is 92.9 cm³/mol. The molecule has 2 aromatic carbocycles. The molecule has 124 valence electrons. The van der Waals surface area contributed by atoms with Crippen LogP contribution in [0.2, 0.25) is 0 Å². The first-order valence-corrected chi connectivity index (χ1v) is 7.35. The highest BCUT2D eigenvalue weighted by Gasteiger charge is 2.12. The van der Waals surface area contributed by atoms with E-state index < -0.39 is 17.0 Å².